The Morgan fingerprint density at radius 2 is 2.03 bits per heavy atom. The van der Waals surface area contributed by atoms with Crippen molar-refractivity contribution in [1.29, 1.82) is 0 Å². The van der Waals surface area contributed by atoms with Gasteiger partial charge in [-0.2, -0.15) is 0 Å². The quantitative estimate of drug-likeness (QED) is 0.449. The van der Waals surface area contributed by atoms with E-state index in [0.29, 0.717) is 16.4 Å². The zero-order chi connectivity index (χ0) is 20.8. The maximum absolute atomic E-state index is 12.7. The lowest BCUT2D eigenvalue weighted by atomic mass is 10.1. The minimum Gasteiger partial charge on any atom is -0.478 e. The van der Waals surface area contributed by atoms with Gasteiger partial charge in [-0.1, -0.05) is 18.7 Å². The minimum atomic E-state index is -1.14. The maximum Gasteiger partial charge on any atom is 0.416 e. The third kappa shape index (κ3) is 4.58. The van der Waals surface area contributed by atoms with Crippen LogP contribution in [0, 0.1) is 0 Å². The van der Waals surface area contributed by atoms with Gasteiger partial charge >= 0.3 is 12.1 Å². The Balaban J connectivity index is 1.99. The van der Waals surface area contributed by atoms with Crippen molar-refractivity contribution in [1.82, 2.24) is 9.97 Å². The molecule has 3 rings (SSSR count). The van der Waals surface area contributed by atoms with Crippen molar-refractivity contribution in [2.75, 3.05) is 17.2 Å². The first-order valence-electron chi connectivity index (χ1n) is 8.53. The summed E-state index contributed by atoms with van der Waals surface area (Å²) < 4.78 is 5.17. The van der Waals surface area contributed by atoms with E-state index >= 15 is 0 Å². The number of nitrogens with two attached hydrogens (primary N) is 1. The molecule has 1 amide bonds. The molecule has 2 heterocycles. The van der Waals surface area contributed by atoms with Gasteiger partial charge in [-0.3, -0.25) is 9.88 Å². The molecule has 0 fully saturated rings. The minimum absolute atomic E-state index is 0.00669. The van der Waals surface area contributed by atoms with Gasteiger partial charge in [0.15, 0.2) is 0 Å². The molecule has 1 aromatic carbocycles. The summed E-state index contributed by atoms with van der Waals surface area (Å²) in [7, 11) is 0. The van der Waals surface area contributed by atoms with Crippen LogP contribution in [0.15, 0.2) is 60.8 Å². The highest BCUT2D eigenvalue weighted by Gasteiger charge is 2.24. The van der Waals surface area contributed by atoms with Crippen molar-refractivity contribution >= 4 is 34.9 Å². The smallest absolute Gasteiger partial charge is 0.416 e. The van der Waals surface area contributed by atoms with Crippen LogP contribution in [0.5, 0.6) is 0 Å². The molecule has 0 saturated carbocycles. The number of carboxylic acid groups (broad SMARTS) is 1. The molecule has 0 aliphatic carbocycles. The van der Waals surface area contributed by atoms with Crippen molar-refractivity contribution in [2.24, 2.45) is 0 Å². The van der Waals surface area contributed by atoms with Gasteiger partial charge in [0.05, 0.1) is 12.1 Å². The van der Waals surface area contributed by atoms with Crippen LogP contribution < -0.4 is 10.6 Å². The van der Waals surface area contributed by atoms with E-state index in [4.69, 9.17) is 10.5 Å². The summed E-state index contributed by atoms with van der Waals surface area (Å²) in [5, 5.41) is 11.9. The van der Waals surface area contributed by atoms with Crippen LogP contribution in [0.4, 0.5) is 16.3 Å². The molecule has 0 saturated heterocycles. The van der Waals surface area contributed by atoms with E-state index < -0.39 is 12.1 Å². The summed E-state index contributed by atoms with van der Waals surface area (Å²) in [6.45, 7) is 3.43. The zero-order valence-corrected chi connectivity index (χ0v) is 16.1. The molecule has 0 spiro atoms. The largest absolute Gasteiger partial charge is 0.478 e. The Kier molecular flexibility index (Phi) is 6.20. The SMILES string of the molecule is C=CCOC(=O)N(Cc1c(N)cccc1C(=O)O)c1csc(-c2ccncc2)n1. The summed E-state index contributed by atoms with van der Waals surface area (Å²) in [5.41, 5.74) is 7.42. The van der Waals surface area contributed by atoms with E-state index in [9.17, 15) is 14.7 Å². The molecule has 3 N–H and O–H groups in total. The van der Waals surface area contributed by atoms with Crippen molar-refractivity contribution in [2.45, 2.75) is 6.54 Å². The van der Waals surface area contributed by atoms with E-state index in [0.717, 1.165) is 5.56 Å². The summed E-state index contributed by atoms with van der Waals surface area (Å²) in [6, 6.07) is 8.18. The number of rotatable bonds is 7. The van der Waals surface area contributed by atoms with E-state index in [-0.39, 0.29) is 24.4 Å². The van der Waals surface area contributed by atoms with Gasteiger partial charge in [-0.15, -0.1) is 11.3 Å². The first-order valence-corrected chi connectivity index (χ1v) is 9.41. The molecular formula is C20H18N4O4S. The number of ether oxygens (including phenoxy) is 1. The van der Waals surface area contributed by atoms with E-state index in [1.807, 2.05) is 0 Å². The highest BCUT2D eigenvalue weighted by molar-refractivity contribution is 7.13. The molecule has 0 aliphatic heterocycles. The second-order valence-corrected chi connectivity index (χ2v) is 6.74. The number of nitrogen functional groups attached to an aromatic ring is 1. The summed E-state index contributed by atoms with van der Waals surface area (Å²) in [6.07, 6.45) is 4.06. The number of pyridine rings is 1. The molecule has 2 aromatic heterocycles. The van der Waals surface area contributed by atoms with E-state index in [1.54, 1.807) is 42.0 Å². The molecule has 0 bridgehead atoms. The van der Waals surface area contributed by atoms with Crippen LogP contribution in [0.25, 0.3) is 10.6 Å². The van der Waals surface area contributed by atoms with Crippen LogP contribution in [-0.4, -0.2) is 33.7 Å². The number of amides is 1. The number of carbonyl (C=O) groups excluding carboxylic acids is 1. The first kappa shape index (κ1) is 20.0. The van der Waals surface area contributed by atoms with Crippen molar-refractivity contribution in [3.8, 4) is 10.6 Å². The van der Waals surface area contributed by atoms with Gasteiger partial charge in [0.25, 0.3) is 0 Å². The maximum atomic E-state index is 12.7. The van der Waals surface area contributed by atoms with E-state index in [1.165, 1.54) is 28.4 Å². The van der Waals surface area contributed by atoms with Gasteiger partial charge in [0.2, 0.25) is 0 Å². The van der Waals surface area contributed by atoms with Crippen molar-refractivity contribution < 1.29 is 19.4 Å². The Hall–Kier alpha value is -3.72. The fourth-order valence-corrected chi connectivity index (χ4v) is 3.42. The number of benzene rings is 1. The van der Waals surface area contributed by atoms with Gasteiger partial charge in [0.1, 0.15) is 17.4 Å². The Morgan fingerprint density at radius 1 is 1.28 bits per heavy atom. The standard InChI is InChI=1S/C20H18N4O4S/c1-2-10-28-20(27)24(11-15-14(19(25)26)4-3-5-16(15)21)17-12-29-18(23-17)13-6-8-22-9-7-13/h2-9,12H,1,10-11,21H2,(H,25,26). The van der Waals surface area contributed by atoms with Crippen molar-refractivity contribution in [3.63, 3.8) is 0 Å². The van der Waals surface area contributed by atoms with Gasteiger partial charge < -0.3 is 15.6 Å². The fourth-order valence-electron chi connectivity index (χ4n) is 2.60. The monoisotopic (exact) mass is 410 g/mol. The Labute approximate surface area is 170 Å². The third-order valence-electron chi connectivity index (χ3n) is 4.00. The number of thiazole rings is 1. The summed E-state index contributed by atoms with van der Waals surface area (Å²) in [5.74, 6) is -0.807. The van der Waals surface area contributed by atoms with Gasteiger partial charge in [0, 0.05) is 34.6 Å². The lowest BCUT2D eigenvalue weighted by Gasteiger charge is -2.21. The molecule has 8 nitrogen and oxygen atoms in total. The van der Waals surface area contributed by atoms with Crippen LogP contribution in [-0.2, 0) is 11.3 Å². The zero-order valence-electron chi connectivity index (χ0n) is 15.3. The molecule has 0 radical (unpaired) electrons. The van der Waals surface area contributed by atoms with Gasteiger partial charge in [-0.05, 0) is 24.3 Å². The molecule has 0 unspecified atom stereocenters. The summed E-state index contributed by atoms with van der Waals surface area (Å²) >= 11 is 1.34. The van der Waals surface area contributed by atoms with Crippen LogP contribution >= 0.6 is 11.3 Å². The highest BCUT2D eigenvalue weighted by atomic mass is 32.1. The van der Waals surface area contributed by atoms with Crippen molar-refractivity contribution in [3.05, 3.63) is 71.9 Å². The number of aromatic carboxylic acids is 1. The van der Waals surface area contributed by atoms with Crippen LogP contribution in [0.2, 0.25) is 0 Å². The topological polar surface area (TPSA) is 119 Å². The molecule has 0 aliphatic rings. The predicted molar refractivity (Wildman–Crippen MR) is 111 cm³/mol. The molecule has 3 aromatic rings. The predicted octanol–water partition coefficient (Wildman–Crippen LogP) is 3.81. The summed E-state index contributed by atoms with van der Waals surface area (Å²) in [4.78, 5) is 34.0. The normalized spacial score (nSPS) is 10.3. The van der Waals surface area contributed by atoms with Gasteiger partial charge in [-0.25, -0.2) is 14.6 Å². The molecule has 29 heavy (non-hydrogen) atoms. The molecule has 9 heteroatoms. The Bertz CT molecular complexity index is 1040. The third-order valence-corrected chi connectivity index (χ3v) is 4.88. The highest BCUT2D eigenvalue weighted by Crippen LogP contribution is 2.30. The molecule has 148 valence electrons. The average molecular weight is 410 g/mol. The first-order chi connectivity index (χ1) is 14.0. The second kappa shape index (κ2) is 8.98. The van der Waals surface area contributed by atoms with Crippen LogP contribution in [0.1, 0.15) is 15.9 Å². The van der Waals surface area contributed by atoms with Crippen LogP contribution in [0.3, 0.4) is 0 Å². The number of hydrogen-bond acceptors (Lipinski definition) is 7. The number of carboxylic acids is 1. The Morgan fingerprint density at radius 3 is 2.72 bits per heavy atom. The lowest BCUT2D eigenvalue weighted by molar-refractivity contribution is 0.0695. The number of hydrogen-bond donors (Lipinski definition) is 2. The second-order valence-electron chi connectivity index (χ2n) is 5.88. The number of anilines is 2. The average Bonchev–Trinajstić information content (AvgIpc) is 3.21. The lowest BCUT2D eigenvalue weighted by Crippen LogP contribution is -2.32. The number of aromatic nitrogens is 2. The van der Waals surface area contributed by atoms with E-state index in [2.05, 4.69) is 16.5 Å². The number of nitrogens with zero attached hydrogens (tertiary/aromatic N) is 3. The number of carbonyl (C=O) groups is 2. The molecular weight excluding hydrogens is 392 g/mol. The fraction of sp³-hybridized carbons (Fsp3) is 0.100. The molecule has 0 atom stereocenters.